The van der Waals surface area contributed by atoms with Gasteiger partial charge in [0.2, 0.25) is 5.91 Å². The molecule has 0 saturated carbocycles. The van der Waals surface area contributed by atoms with Gasteiger partial charge in [-0.3, -0.25) is 4.79 Å². The first-order chi connectivity index (χ1) is 8.95. The van der Waals surface area contributed by atoms with Crippen molar-refractivity contribution in [3.63, 3.8) is 0 Å². The van der Waals surface area contributed by atoms with Gasteiger partial charge < -0.3 is 10.6 Å². The van der Waals surface area contributed by atoms with E-state index in [0.29, 0.717) is 19.5 Å². The highest BCUT2D eigenvalue weighted by Gasteiger charge is 2.10. The van der Waals surface area contributed by atoms with Crippen molar-refractivity contribution >= 4 is 5.91 Å². The topological polar surface area (TPSA) is 41.1 Å². The first-order valence-electron chi connectivity index (χ1n) is 7.03. The van der Waals surface area contributed by atoms with Gasteiger partial charge >= 0.3 is 0 Å². The molecule has 1 aromatic carbocycles. The number of hydrogen-bond donors (Lipinski definition) is 2. The molecule has 1 unspecified atom stereocenters. The van der Waals surface area contributed by atoms with Gasteiger partial charge in [-0.05, 0) is 56.9 Å². The minimum atomic E-state index is 0.110. The summed E-state index contributed by atoms with van der Waals surface area (Å²) in [6, 6.07) is 4.75. The molecule has 0 spiro atoms. The highest BCUT2D eigenvalue weighted by atomic mass is 16.1. The maximum absolute atomic E-state index is 11.4. The number of nitrogens with one attached hydrogen (secondary N) is 2. The van der Waals surface area contributed by atoms with E-state index in [0.717, 1.165) is 0 Å². The van der Waals surface area contributed by atoms with E-state index in [2.05, 4.69) is 50.5 Å². The van der Waals surface area contributed by atoms with E-state index in [9.17, 15) is 4.79 Å². The van der Waals surface area contributed by atoms with Gasteiger partial charge in [0.1, 0.15) is 0 Å². The van der Waals surface area contributed by atoms with Crippen LogP contribution in [0.3, 0.4) is 0 Å². The number of benzene rings is 1. The van der Waals surface area contributed by atoms with E-state index in [1.165, 1.54) is 22.3 Å². The van der Waals surface area contributed by atoms with Crippen LogP contribution >= 0.6 is 0 Å². The zero-order chi connectivity index (χ0) is 14.4. The lowest BCUT2D eigenvalue weighted by Gasteiger charge is -2.18. The molecule has 0 radical (unpaired) electrons. The van der Waals surface area contributed by atoms with Crippen LogP contribution < -0.4 is 10.6 Å². The normalized spacial score (nSPS) is 12.3. The highest BCUT2D eigenvalue weighted by Crippen LogP contribution is 2.21. The molecule has 1 amide bonds. The summed E-state index contributed by atoms with van der Waals surface area (Å²) in [5.41, 5.74) is 5.27. The maximum atomic E-state index is 11.4. The molecule has 3 heteroatoms. The second kappa shape index (κ2) is 7.29. The molecule has 1 atom stereocenters. The second-order valence-corrected chi connectivity index (χ2v) is 5.17. The lowest BCUT2D eigenvalue weighted by molar-refractivity contribution is -0.120. The summed E-state index contributed by atoms with van der Waals surface area (Å²) in [7, 11) is 0. The first kappa shape index (κ1) is 15.7. The van der Waals surface area contributed by atoms with Gasteiger partial charge in [-0.15, -0.1) is 0 Å². The van der Waals surface area contributed by atoms with Crippen molar-refractivity contribution in [2.75, 3.05) is 13.1 Å². The number of amides is 1. The third-order valence-corrected chi connectivity index (χ3v) is 3.53. The van der Waals surface area contributed by atoms with Crippen LogP contribution in [0, 0.1) is 20.8 Å². The Balaban J connectivity index is 2.56. The summed E-state index contributed by atoms with van der Waals surface area (Å²) in [5.74, 6) is 0.110. The number of carbonyl (C=O) groups is 1. The molecule has 0 fully saturated rings. The van der Waals surface area contributed by atoms with Crippen LogP contribution in [0.4, 0.5) is 0 Å². The van der Waals surface area contributed by atoms with Gasteiger partial charge in [-0.1, -0.05) is 12.1 Å². The Bertz CT molecular complexity index is 441. The third-order valence-electron chi connectivity index (χ3n) is 3.53. The summed E-state index contributed by atoms with van der Waals surface area (Å²) < 4.78 is 0. The van der Waals surface area contributed by atoms with Crippen molar-refractivity contribution in [2.24, 2.45) is 0 Å². The molecule has 106 valence electrons. The number of hydrogen-bond acceptors (Lipinski definition) is 2. The molecule has 0 heterocycles. The standard InChI is InChI=1S/C16H26N2O/c1-6-17-16(19)7-8-18-14(5)15-10-12(3)11(2)9-13(15)4/h9-10,14,18H,6-8H2,1-5H3,(H,17,19). The van der Waals surface area contributed by atoms with Crippen molar-refractivity contribution in [1.29, 1.82) is 0 Å². The smallest absolute Gasteiger partial charge is 0.221 e. The Morgan fingerprint density at radius 1 is 1.16 bits per heavy atom. The second-order valence-electron chi connectivity index (χ2n) is 5.17. The number of carbonyl (C=O) groups excluding carboxylic acids is 1. The summed E-state index contributed by atoms with van der Waals surface area (Å²) >= 11 is 0. The van der Waals surface area contributed by atoms with Crippen molar-refractivity contribution < 1.29 is 4.79 Å². The van der Waals surface area contributed by atoms with Crippen LogP contribution in [-0.2, 0) is 4.79 Å². The van der Waals surface area contributed by atoms with Crippen LogP contribution in [0.5, 0.6) is 0 Å². The van der Waals surface area contributed by atoms with Gasteiger partial charge in [0, 0.05) is 25.6 Å². The van der Waals surface area contributed by atoms with Crippen LogP contribution in [0.25, 0.3) is 0 Å². The molecule has 19 heavy (non-hydrogen) atoms. The fourth-order valence-electron chi connectivity index (χ4n) is 2.25. The van der Waals surface area contributed by atoms with E-state index >= 15 is 0 Å². The van der Waals surface area contributed by atoms with E-state index in [1.54, 1.807) is 0 Å². The zero-order valence-electron chi connectivity index (χ0n) is 12.8. The lowest BCUT2D eigenvalue weighted by Crippen LogP contribution is -2.28. The minimum Gasteiger partial charge on any atom is -0.356 e. The first-order valence-corrected chi connectivity index (χ1v) is 7.03. The molecule has 3 nitrogen and oxygen atoms in total. The van der Waals surface area contributed by atoms with Crippen molar-refractivity contribution in [2.45, 2.75) is 47.1 Å². The van der Waals surface area contributed by atoms with Crippen molar-refractivity contribution in [3.05, 3.63) is 34.4 Å². The molecular formula is C16H26N2O. The zero-order valence-corrected chi connectivity index (χ0v) is 12.8. The molecule has 2 N–H and O–H groups in total. The Morgan fingerprint density at radius 2 is 1.79 bits per heavy atom. The van der Waals surface area contributed by atoms with E-state index < -0.39 is 0 Å². The minimum absolute atomic E-state index is 0.110. The summed E-state index contributed by atoms with van der Waals surface area (Å²) in [6.45, 7) is 11.9. The Hall–Kier alpha value is -1.35. The predicted octanol–water partition coefficient (Wildman–Crippen LogP) is 2.79. The molecule has 0 aliphatic rings. The molecular weight excluding hydrogens is 236 g/mol. The molecule has 1 aromatic rings. The van der Waals surface area contributed by atoms with Crippen LogP contribution in [0.2, 0.25) is 0 Å². The van der Waals surface area contributed by atoms with E-state index in [-0.39, 0.29) is 11.9 Å². The van der Waals surface area contributed by atoms with Crippen LogP contribution in [0.1, 0.15) is 48.6 Å². The third kappa shape index (κ3) is 4.67. The van der Waals surface area contributed by atoms with E-state index in [1.807, 2.05) is 6.92 Å². The average molecular weight is 262 g/mol. The van der Waals surface area contributed by atoms with Crippen LogP contribution in [-0.4, -0.2) is 19.0 Å². The fourth-order valence-corrected chi connectivity index (χ4v) is 2.25. The highest BCUT2D eigenvalue weighted by molar-refractivity contribution is 5.75. The summed E-state index contributed by atoms with van der Waals surface area (Å²) in [6.07, 6.45) is 0.530. The van der Waals surface area contributed by atoms with Gasteiger partial charge in [-0.2, -0.15) is 0 Å². The monoisotopic (exact) mass is 262 g/mol. The maximum Gasteiger partial charge on any atom is 0.221 e. The van der Waals surface area contributed by atoms with Gasteiger partial charge in [0.05, 0.1) is 0 Å². The molecule has 0 aliphatic heterocycles. The Labute approximate surface area is 116 Å². The van der Waals surface area contributed by atoms with Gasteiger partial charge in [0.15, 0.2) is 0 Å². The largest absolute Gasteiger partial charge is 0.356 e. The number of rotatable bonds is 6. The van der Waals surface area contributed by atoms with Crippen LogP contribution in [0.15, 0.2) is 12.1 Å². The quantitative estimate of drug-likeness (QED) is 0.827. The summed E-state index contributed by atoms with van der Waals surface area (Å²) in [5, 5.41) is 6.22. The van der Waals surface area contributed by atoms with Crippen molar-refractivity contribution in [1.82, 2.24) is 10.6 Å². The van der Waals surface area contributed by atoms with E-state index in [4.69, 9.17) is 0 Å². The molecule has 0 bridgehead atoms. The SMILES string of the molecule is CCNC(=O)CCNC(C)c1cc(C)c(C)cc1C. The fraction of sp³-hybridized carbons (Fsp3) is 0.562. The molecule has 0 aliphatic carbocycles. The Morgan fingerprint density at radius 3 is 2.42 bits per heavy atom. The Kier molecular flexibility index (Phi) is 6.03. The van der Waals surface area contributed by atoms with Gasteiger partial charge in [0.25, 0.3) is 0 Å². The summed E-state index contributed by atoms with van der Waals surface area (Å²) in [4.78, 5) is 11.4. The van der Waals surface area contributed by atoms with Gasteiger partial charge in [-0.25, -0.2) is 0 Å². The lowest BCUT2D eigenvalue weighted by atomic mass is 9.96. The average Bonchev–Trinajstić information content (AvgIpc) is 2.34. The van der Waals surface area contributed by atoms with Crippen molar-refractivity contribution in [3.8, 4) is 0 Å². The predicted molar refractivity (Wildman–Crippen MR) is 80.4 cm³/mol. The number of aryl methyl sites for hydroxylation is 3. The molecule has 0 aromatic heterocycles. The molecule has 0 saturated heterocycles. The molecule has 1 rings (SSSR count).